The number of anilines is 1. The van der Waals surface area contributed by atoms with Gasteiger partial charge in [-0.2, -0.15) is 0 Å². The number of amides is 1. The molecular weight excluding hydrogens is 284 g/mol. The van der Waals surface area contributed by atoms with Crippen LogP contribution in [0, 0.1) is 0 Å². The number of rotatable bonds is 4. The van der Waals surface area contributed by atoms with Crippen molar-refractivity contribution < 1.29 is 18.8 Å². The normalized spacial score (nSPS) is 12.4. The number of hydrogen-bond acceptors (Lipinski definition) is 5. The van der Waals surface area contributed by atoms with Crippen molar-refractivity contribution in [3.05, 3.63) is 35.2 Å². The third kappa shape index (κ3) is 2.85. The summed E-state index contributed by atoms with van der Waals surface area (Å²) in [6.45, 7) is 0.207. The van der Waals surface area contributed by atoms with Crippen LogP contribution in [-0.4, -0.2) is 17.9 Å². The van der Waals surface area contributed by atoms with Crippen LogP contribution in [0.2, 0.25) is 5.15 Å². The van der Waals surface area contributed by atoms with Gasteiger partial charge in [-0.1, -0.05) is 16.8 Å². The van der Waals surface area contributed by atoms with Gasteiger partial charge in [0.05, 0.1) is 0 Å². The van der Waals surface area contributed by atoms with E-state index in [0.717, 1.165) is 0 Å². The Balaban J connectivity index is 1.56. The first-order chi connectivity index (χ1) is 9.70. The van der Waals surface area contributed by atoms with Crippen LogP contribution in [0.25, 0.3) is 0 Å². The van der Waals surface area contributed by atoms with Gasteiger partial charge in [0, 0.05) is 30.7 Å². The first-order valence-electron chi connectivity index (χ1n) is 6.01. The molecule has 1 aromatic carbocycles. The summed E-state index contributed by atoms with van der Waals surface area (Å²) in [6, 6.07) is 6.84. The number of halogens is 1. The van der Waals surface area contributed by atoms with Gasteiger partial charge in [-0.3, -0.25) is 4.79 Å². The number of carbonyl (C=O) groups excluding carboxylic acids is 1. The molecule has 0 saturated carbocycles. The summed E-state index contributed by atoms with van der Waals surface area (Å²) < 4.78 is 15.4. The highest BCUT2D eigenvalue weighted by Crippen LogP contribution is 2.34. The second-order valence-corrected chi connectivity index (χ2v) is 4.62. The van der Waals surface area contributed by atoms with Crippen LogP contribution < -0.4 is 14.8 Å². The minimum atomic E-state index is -0.128. The molecule has 3 rings (SSSR count). The van der Waals surface area contributed by atoms with E-state index in [1.165, 1.54) is 0 Å². The molecule has 2 aromatic rings. The van der Waals surface area contributed by atoms with Crippen LogP contribution in [0.5, 0.6) is 11.5 Å². The lowest BCUT2D eigenvalue weighted by Crippen LogP contribution is -2.12. The number of aryl methyl sites for hydroxylation is 1. The van der Waals surface area contributed by atoms with Crippen LogP contribution in [0.15, 0.2) is 28.8 Å². The molecule has 0 unspecified atom stereocenters. The molecule has 0 saturated heterocycles. The SMILES string of the molecule is O=C(CCc1cc(Cl)no1)Nc1ccc2c(c1)OCO2. The summed E-state index contributed by atoms with van der Waals surface area (Å²) in [7, 11) is 0. The van der Waals surface area contributed by atoms with Crippen molar-refractivity contribution in [3.8, 4) is 11.5 Å². The van der Waals surface area contributed by atoms with Crippen LogP contribution in [-0.2, 0) is 11.2 Å². The quantitative estimate of drug-likeness (QED) is 0.938. The lowest BCUT2D eigenvalue weighted by atomic mass is 10.2. The van der Waals surface area contributed by atoms with Gasteiger partial charge >= 0.3 is 0 Å². The Labute approximate surface area is 119 Å². The first kappa shape index (κ1) is 12.8. The zero-order valence-corrected chi connectivity index (χ0v) is 11.1. The van der Waals surface area contributed by atoms with Crippen LogP contribution in [0.4, 0.5) is 5.69 Å². The van der Waals surface area contributed by atoms with Crippen molar-refractivity contribution in [1.82, 2.24) is 5.16 Å². The molecule has 1 aliphatic heterocycles. The second-order valence-electron chi connectivity index (χ2n) is 4.23. The minimum Gasteiger partial charge on any atom is -0.454 e. The summed E-state index contributed by atoms with van der Waals surface area (Å²) in [5.41, 5.74) is 0.662. The number of aromatic nitrogens is 1. The lowest BCUT2D eigenvalue weighted by Gasteiger charge is -2.05. The van der Waals surface area contributed by atoms with Crippen molar-refractivity contribution in [1.29, 1.82) is 0 Å². The molecule has 0 fully saturated rings. The van der Waals surface area contributed by atoms with Gasteiger partial charge in [0.15, 0.2) is 16.7 Å². The fourth-order valence-corrected chi connectivity index (χ4v) is 2.00. The van der Waals surface area contributed by atoms with Crippen molar-refractivity contribution in [2.45, 2.75) is 12.8 Å². The van der Waals surface area contributed by atoms with Crippen molar-refractivity contribution >= 4 is 23.2 Å². The van der Waals surface area contributed by atoms with Gasteiger partial charge in [0.1, 0.15) is 5.76 Å². The third-order valence-electron chi connectivity index (χ3n) is 2.78. The Kier molecular flexibility index (Phi) is 3.47. The van der Waals surface area contributed by atoms with Crippen LogP contribution in [0.1, 0.15) is 12.2 Å². The number of nitrogens with zero attached hydrogens (tertiary/aromatic N) is 1. The maximum absolute atomic E-state index is 11.8. The largest absolute Gasteiger partial charge is 0.454 e. The summed E-state index contributed by atoms with van der Waals surface area (Å²) in [6.07, 6.45) is 0.718. The molecule has 0 atom stereocenters. The molecule has 1 aliphatic rings. The van der Waals surface area contributed by atoms with Gasteiger partial charge in [0.25, 0.3) is 0 Å². The predicted octanol–water partition coefficient (Wildman–Crippen LogP) is 2.63. The summed E-state index contributed by atoms with van der Waals surface area (Å²) in [5.74, 6) is 1.76. The zero-order valence-electron chi connectivity index (χ0n) is 10.4. The molecule has 7 heteroatoms. The van der Waals surface area contributed by atoms with E-state index in [2.05, 4.69) is 10.5 Å². The molecular formula is C13H11ClN2O4. The van der Waals surface area contributed by atoms with Gasteiger partial charge in [-0.25, -0.2) is 0 Å². The van der Waals surface area contributed by atoms with E-state index in [-0.39, 0.29) is 24.3 Å². The van der Waals surface area contributed by atoms with Crippen molar-refractivity contribution in [3.63, 3.8) is 0 Å². The molecule has 0 bridgehead atoms. The number of carbonyl (C=O) groups is 1. The van der Waals surface area contributed by atoms with E-state index in [1.54, 1.807) is 24.3 Å². The van der Waals surface area contributed by atoms with E-state index in [0.29, 0.717) is 29.4 Å². The van der Waals surface area contributed by atoms with E-state index < -0.39 is 0 Å². The molecule has 0 spiro atoms. The van der Waals surface area contributed by atoms with Gasteiger partial charge in [-0.05, 0) is 12.1 Å². The number of fused-ring (bicyclic) bond motifs is 1. The van der Waals surface area contributed by atoms with Crippen molar-refractivity contribution in [2.75, 3.05) is 12.1 Å². The molecule has 2 heterocycles. The highest BCUT2D eigenvalue weighted by atomic mass is 35.5. The molecule has 0 radical (unpaired) electrons. The van der Waals surface area contributed by atoms with E-state index in [9.17, 15) is 4.79 Å². The Hall–Kier alpha value is -2.21. The smallest absolute Gasteiger partial charge is 0.231 e. The average molecular weight is 295 g/mol. The van der Waals surface area contributed by atoms with Gasteiger partial charge < -0.3 is 19.3 Å². The van der Waals surface area contributed by atoms with Crippen molar-refractivity contribution in [2.24, 2.45) is 0 Å². The Morgan fingerprint density at radius 2 is 2.15 bits per heavy atom. The first-order valence-corrected chi connectivity index (χ1v) is 6.39. The highest BCUT2D eigenvalue weighted by molar-refractivity contribution is 6.29. The fraction of sp³-hybridized carbons (Fsp3) is 0.231. The standard InChI is InChI=1S/C13H11ClN2O4/c14-12-6-9(20-16-12)2-4-13(17)15-8-1-3-10-11(5-8)19-7-18-10/h1,3,5-6H,2,4,7H2,(H,15,17). The van der Waals surface area contributed by atoms with Crippen LogP contribution >= 0.6 is 11.6 Å². The monoisotopic (exact) mass is 294 g/mol. The molecule has 1 N–H and O–H groups in total. The Morgan fingerprint density at radius 3 is 2.95 bits per heavy atom. The Bertz CT molecular complexity index is 641. The number of nitrogens with one attached hydrogen (secondary N) is 1. The van der Waals surface area contributed by atoms with E-state index in [4.69, 9.17) is 25.6 Å². The summed E-state index contributed by atoms with van der Waals surface area (Å²) >= 11 is 5.63. The average Bonchev–Trinajstić information content (AvgIpc) is 3.04. The topological polar surface area (TPSA) is 73.6 Å². The number of hydrogen-bond donors (Lipinski definition) is 1. The fourth-order valence-electron chi connectivity index (χ4n) is 1.84. The Morgan fingerprint density at radius 1 is 1.30 bits per heavy atom. The molecule has 6 nitrogen and oxygen atoms in total. The second kappa shape index (κ2) is 5.42. The summed E-state index contributed by atoms with van der Waals surface area (Å²) in [4.78, 5) is 11.8. The number of benzene rings is 1. The summed E-state index contributed by atoms with van der Waals surface area (Å²) in [5, 5.41) is 6.61. The van der Waals surface area contributed by atoms with Crippen LogP contribution in [0.3, 0.4) is 0 Å². The molecule has 104 valence electrons. The number of ether oxygens (including phenoxy) is 2. The minimum absolute atomic E-state index is 0.128. The molecule has 1 aromatic heterocycles. The molecule has 1 amide bonds. The zero-order chi connectivity index (χ0) is 13.9. The maximum atomic E-state index is 11.8. The predicted molar refractivity (Wildman–Crippen MR) is 71.0 cm³/mol. The molecule has 20 heavy (non-hydrogen) atoms. The van der Waals surface area contributed by atoms with Gasteiger partial charge in [-0.15, -0.1) is 0 Å². The third-order valence-corrected chi connectivity index (χ3v) is 2.96. The highest BCUT2D eigenvalue weighted by Gasteiger charge is 2.14. The van der Waals surface area contributed by atoms with E-state index in [1.807, 2.05) is 0 Å². The molecule has 0 aliphatic carbocycles. The maximum Gasteiger partial charge on any atom is 0.231 e. The van der Waals surface area contributed by atoms with E-state index >= 15 is 0 Å². The van der Waals surface area contributed by atoms with Gasteiger partial charge in [0.2, 0.25) is 12.7 Å². The lowest BCUT2D eigenvalue weighted by molar-refractivity contribution is -0.116.